The topological polar surface area (TPSA) is 91.3 Å². The number of rotatable bonds is 7. The van der Waals surface area contributed by atoms with Gasteiger partial charge in [0.1, 0.15) is 0 Å². The van der Waals surface area contributed by atoms with Gasteiger partial charge in [0.05, 0.1) is 10.7 Å². The summed E-state index contributed by atoms with van der Waals surface area (Å²) in [5.74, 6) is -1.39. The highest BCUT2D eigenvalue weighted by molar-refractivity contribution is 7.09. The van der Waals surface area contributed by atoms with Crippen LogP contribution in [0.25, 0.3) is 11.3 Å². The molecule has 2 saturated carbocycles. The average molecular weight is 518 g/mol. The van der Waals surface area contributed by atoms with E-state index in [1.165, 1.54) is 24.8 Å². The van der Waals surface area contributed by atoms with Crippen molar-refractivity contribution >= 4 is 28.9 Å². The Bertz CT molecular complexity index is 1240. The van der Waals surface area contributed by atoms with E-state index in [2.05, 4.69) is 21.7 Å². The molecule has 1 amide bonds. The number of hydrogen-bond acceptors (Lipinski definition) is 5. The third-order valence-corrected chi connectivity index (χ3v) is 6.78. The summed E-state index contributed by atoms with van der Waals surface area (Å²) in [6.07, 6.45) is -1.15. The minimum atomic E-state index is -5.08. The second-order valence-corrected chi connectivity index (χ2v) is 10.1. The molecular formula is C26H26F3N3O3S. The number of hydrogen-bond donors (Lipinski definition) is 3. The molecule has 36 heavy (non-hydrogen) atoms. The Balaban J connectivity index is 0.000000384. The lowest BCUT2D eigenvalue weighted by molar-refractivity contribution is -0.192. The van der Waals surface area contributed by atoms with E-state index in [1.807, 2.05) is 54.8 Å². The van der Waals surface area contributed by atoms with Crippen molar-refractivity contribution in [1.82, 2.24) is 10.3 Å². The lowest BCUT2D eigenvalue weighted by Crippen LogP contribution is -2.21. The summed E-state index contributed by atoms with van der Waals surface area (Å²) in [7, 11) is 0. The molecule has 190 valence electrons. The van der Waals surface area contributed by atoms with Gasteiger partial charge in [-0.25, -0.2) is 9.78 Å². The number of aromatic nitrogens is 1. The van der Waals surface area contributed by atoms with Crippen LogP contribution in [0, 0.1) is 12.8 Å². The highest BCUT2D eigenvalue weighted by atomic mass is 32.1. The van der Waals surface area contributed by atoms with E-state index >= 15 is 0 Å². The molecule has 2 fully saturated rings. The molecule has 3 aromatic rings. The summed E-state index contributed by atoms with van der Waals surface area (Å²) in [5.41, 5.74) is 4.73. The Morgan fingerprint density at radius 2 is 1.86 bits per heavy atom. The molecule has 2 atom stereocenters. The number of carbonyl (C=O) groups excluding carboxylic acids is 1. The monoisotopic (exact) mass is 517 g/mol. The second-order valence-electron chi connectivity index (χ2n) is 9.02. The number of carbonyl (C=O) groups is 2. The van der Waals surface area contributed by atoms with Gasteiger partial charge in [0.15, 0.2) is 0 Å². The van der Waals surface area contributed by atoms with E-state index in [0.29, 0.717) is 17.5 Å². The summed E-state index contributed by atoms with van der Waals surface area (Å²) in [5, 5.41) is 16.9. The SMILES string of the molecule is Cc1nc(-c2cccc(NC(=O)c3cccc([C@@H]4C[C@H]4NCC4CC4)c3)c2)cs1.O=C(O)C(F)(F)F. The Kier molecular flexibility index (Phi) is 7.75. The predicted octanol–water partition coefficient (Wildman–Crippen LogP) is 5.86. The Morgan fingerprint density at radius 1 is 1.14 bits per heavy atom. The van der Waals surface area contributed by atoms with Gasteiger partial charge in [0.25, 0.3) is 5.91 Å². The molecule has 0 bridgehead atoms. The van der Waals surface area contributed by atoms with Gasteiger partial charge in [-0.1, -0.05) is 24.3 Å². The first-order valence-electron chi connectivity index (χ1n) is 11.6. The van der Waals surface area contributed by atoms with Crippen LogP contribution < -0.4 is 10.6 Å². The van der Waals surface area contributed by atoms with Crippen LogP contribution in [-0.2, 0) is 4.79 Å². The van der Waals surface area contributed by atoms with Crippen molar-refractivity contribution in [3.63, 3.8) is 0 Å². The zero-order chi connectivity index (χ0) is 25.9. The quantitative estimate of drug-likeness (QED) is 0.365. The fraction of sp³-hybridized carbons (Fsp3) is 0.346. The molecule has 0 unspecified atom stereocenters. The van der Waals surface area contributed by atoms with E-state index in [0.717, 1.165) is 34.4 Å². The molecular weight excluding hydrogens is 491 g/mol. The fourth-order valence-corrected chi connectivity index (χ4v) is 4.42. The molecule has 2 aromatic carbocycles. The van der Waals surface area contributed by atoms with E-state index in [1.54, 1.807) is 11.3 Å². The first-order valence-corrected chi connectivity index (χ1v) is 12.5. The molecule has 6 nitrogen and oxygen atoms in total. The molecule has 3 N–H and O–H groups in total. The lowest BCUT2D eigenvalue weighted by atomic mass is 10.1. The van der Waals surface area contributed by atoms with Crippen LogP contribution >= 0.6 is 11.3 Å². The number of halogens is 3. The van der Waals surface area contributed by atoms with Crippen molar-refractivity contribution in [2.45, 2.75) is 44.3 Å². The standard InChI is InChI=1S/C24H25N3OS.C2HF3O2/c1-15-26-23(14-29-15)18-5-3-7-20(11-18)27-24(28)19-6-2-4-17(10-19)21-12-22(21)25-13-16-8-9-16;3-2(4,5)1(6)7/h2-7,10-11,14,16,21-22,25H,8-9,12-13H2,1H3,(H,27,28);(H,6,7)/t21-,22+;/m0./s1. The number of amides is 1. The smallest absolute Gasteiger partial charge is 0.475 e. The first kappa shape index (κ1) is 25.8. The second kappa shape index (κ2) is 10.8. The van der Waals surface area contributed by atoms with Crippen molar-refractivity contribution in [3.05, 3.63) is 70.0 Å². The molecule has 0 spiro atoms. The van der Waals surface area contributed by atoms with Gasteiger partial charge >= 0.3 is 12.1 Å². The molecule has 0 aliphatic heterocycles. The summed E-state index contributed by atoms with van der Waals surface area (Å²) in [4.78, 5) is 26.3. The summed E-state index contributed by atoms with van der Waals surface area (Å²) in [6, 6.07) is 16.5. The van der Waals surface area contributed by atoms with E-state index in [-0.39, 0.29) is 5.91 Å². The largest absolute Gasteiger partial charge is 0.490 e. The van der Waals surface area contributed by atoms with Crippen LogP contribution in [0.15, 0.2) is 53.9 Å². The van der Waals surface area contributed by atoms with Gasteiger partial charge < -0.3 is 15.7 Å². The number of thiazole rings is 1. The minimum absolute atomic E-state index is 0.0680. The average Bonchev–Trinajstić information content (AvgIpc) is 3.76. The molecule has 5 rings (SSSR count). The number of alkyl halides is 3. The number of nitrogens with one attached hydrogen (secondary N) is 2. The minimum Gasteiger partial charge on any atom is -0.475 e. The lowest BCUT2D eigenvalue weighted by Gasteiger charge is -2.09. The number of aryl methyl sites for hydroxylation is 1. The zero-order valence-corrected chi connectivity index (χ0v) is 20.3. The van der Waals surface area contributed by atoms with Gasteiger partial charge in [-0.3, -0.25) is 4.79 Å². The number of nitrogens with zero attached hydrogens (tertiary/aromatic N) is 1. The summed E-state index contributed by atoms with van der Waals surface area (Å²) >= 11 is 1.63. The number of anilines is 1. The van der Waals surface area contributed by atoms with Crippen LogP contribution in [-0.4, -0.2) is 40.7 Å². The van der Waals surface area contributed by atoms with Crippen LogP contribution in [0.1, 0.15) is 46.1 Å². The van der Waals surface area contributed by atoms with Gasteiger partial charge in [0.2, 0.25) is 0 Å². The third kappa shape index (κ3) is 7.14. The number of carboxylic acids is 1. The zero-order valence-electron chi connectivity index (χ0n) is 19.5. The molecule has 2 aliphatic carbocycles. The van der Waals surface area contributed by atoms with Crippen LogP contribution in [0.2, 0.25) is 0 Å². The third-order valence-electron chi connectivity index (χ3n) is 6.01. The Hall–Kier alpha value is -3.24. The number of aliphatic carboxylic acids is 1. The van der Waals surface area contributed by atoms with Crippen LogP contribution in [0.4, 0.5) is 18.9 Å². The molecule has 0 radical (unpaired) electrons. The van der Waals surface area contributed by atoms with Crippen LogP contribution in [0.3, 0.4) is 0 Å². The van der Waals surface area contributed by atoms with Crippen molar-refractivity contribution < 1.29 is 27.9 Å². The van der Waals surface area contributed by atoms with Gasteiger partial charge in [0, 0.05) is 34.2 Å². The normalized spacial score (nSPS) is 18.7. The maximum Gasteiger partial charge on any atom is 0.490 e. The number of carboxylic acid groups (broad SMARTS) is 1. The fourth-order valence-electron chi connectivity index (χ4n) is 3.80. The molecule has 2 aliphatic rings. The first-order chi connectivity index (χ1) is 17.1. The summed E-state index contributed by atoms with van der Waals surface area (Å²) < 4.78 is 31.7. The molecule has 1 heterocycles. The Labute approximate surface area is 210 Å². The van der Waals surface area contributed by atoms with Crippen molar-refractivity contribution in [2.75, 3.05) is 11.9 Å². The maximum absolute atomic E-state index is 12.8. The highest BCUT2D eigenvalue weighted by Gasteiger charge is 2.39. The van der Waals surface area contributed by atoms with Gasteiger partial charge in [-0.2, -0.15) is 13.2 Å². The molecule has 0 saturated heterocycles. The maximum atomic E-state index is 12.8. The molecule has 1 aromatic heterocycles. The van der Waals surface area contributed by atoms with Crippen molar-refractivity contribution in [3.8, 4) is 11.3 Å². The van der Waals surface area contributed by atoms with Crippen LogP contribution in [0.5, 0.6) is 0 Å². The van der Waals surface area contributed by atoms with E-state index in [4.69, 9.17) is 9.90 Å². The van der Waals surface area contributed by atoms with E-state index in [9.17, 15) is 18.0 Å². The predicted molar refractivity (Wildman–Crippen MR) is 132 cm³/mol. The molecule has 10 heteroatoms. The van der Waals surface area contributed by atoms with Gasteiger partial charge in [-0.15, -0.1) is 11.3 Å². The summed E-state index contributed by atoms with van der Waals surface area (Å²) in [6.45, 7) is 3.15. The van der Waals surface area contributed by atoms with Crippen molar-refractivity contribution in [2.24, 2.45) is 5.92 Å². The highest BCUT2D eigenvalue weighted by Crippen LogP contribution is 2.42. The van der Waals surface area contributed by atoms with E-state index < -0.39 is 12.1 Å². The number of benzene rings is 2. The van der Waals surface area contributed by atoms with Gasteiger partial charge in [-0.05, 0) is 68.5 Å². The van der Waals surface area contributed by atoms with Crippen molar-refractivity contribution in [1.29, 1.82) is 0 Å². The Morgan fingerprint density at radius 3 is 2.50 bits per heavy atom.